The molecule has 0 bridgehead atoms. The van der Waals surface area contributed by atoms with E-state index in [0.29, 0.717) is 30.7 Å². The van der Waals surface area contributed by atoms with Gasteiger partial charge in [0.1, 0.15) is 11.6 Å². The van der Waals surface area contributed by atoms with Gasteiger partial charge in [0.15, 0.2) is 5.96 Å². The van der Waals surface area contributed by atoms with Crippen molar-refractivity contribution in [2.45, 2.75) is 12.5 Å². The molecular weight excluding hydrogens is 383 g/mol. The van der Waals surface area contributed by atoms with E-state index in [1.54, 1.807) is 31.4 Å². The Morgan fingerprint density at radius 1 is 1.07 bits per heavy atom. The Balaban J connectivity index is 1.49. The minimum Gasteiger partial charge on any atom is -0.439 e. The highest BCUT2D eigenvalue weighted by molar-refractivity contribution is 5.79. The van der Waals surface area contributed by atoms with Gasteiger partial charge in [-0.2, -0.15) is 0 Å². The molecule has 0 aliphatic carbocycles. The molecule has 6 nitrogen and oxygen atoms in total. The van der Waals surface area contributed by atoms with Gasteiger partial charge in [0.05, 0.1) is 6.61 Å². The minimum absolute atomic E-state index is 0.0192. The lowest BCUT2D eigenvalue weighted by atomic mass is 10.0. The summed E-state index contributed by atoms with van der Waals surface area (Å²) in [6.07, 6.45) is 1.71. The fraction of sp³-hybridized carbons (Fsp3) is 0.217. The first-order chi connectivity index (χ1) is 14.7. The van der Waals surface area contributed by atoms with Gasteiger partial charge in [0, 0.05) is 38.3 Å². The van der Waals surface area contributed by atoms with E-state index in [9.17, 15) is 9.50 Å². The first kappa shape index (κ1) is 21.3. The number of hydrogen-bond donors (Lipinski definition) is 3. The maximum atomic E-state index is 13.0. The van der Waals surface area contributed by atoms with Gasteiger partial charge in [0.2, 0.25) is 5.88 Å². The first-order valence-corrected chi connectivity index (χ1v) is 9.66. The summed E-state index contributed by atoms with van der Waals surface area (Å²) < 4.78 is 18.6. The van der Waals surface area contributed by atoms with Crippen LogP contribution in [-0.4, -0.2) is 36.2 Å². The lowest BCUT2D eigenvalue weighted by Crippen LogP contribution is -2.39. The van der Waals surface area contributed by atoms with E-state index in [2.05, 4.69) is 20.6 Å². The van der Waals surface area contributed by atoms with Crippen LogP contribution < -0.4 is 15.4 Å². The summed E-state index contributed by atoms with van der Waals surface area (Å²) >= 11 is 0. The Kier molecular flexibility index (Phi) is 7.74. The van der Waals surface area contributed by atoms with Gasteiger partial charge in [-0.1, -0.05) is 36.4 Å². The van der Waals surface area contributed by atoms with E-state index in [4.69, 9.17) is 4.74 Å². The predicted molar refractivity (Wildman–Crippen MR) is 115 cm³/mol. The smallest absolute Gasteiger partial charge is 0.219 e. The Hall–Kier alpha value is -3.45. The summed E-state index contributed by atoms with van der Waals surface area (Å²) in [6, 6.07) is 19.3. The van der Waals surface area contributed by atoms with Crippen LogP contribution in [0, 0.1) is 5.82 Å². The van der Waals surface area contributed by atoms with Crippen LogP contribution in [0.1, 0.15) is 17.0 Å². The number of rotatable bonds is 8. The number of nitrogens with zero attached hydrogens (tertiary/aromatic N) is 2. The molecule has 156 valence electrons. The molecule has 0 spiro atoms. The van der Waals surface area contributed by atoms with Crippen LogP contribution in [0.5, 0.6) is 11.6 Å². The number of aliphatic hydroxyl groups is 1. The van der Waals surface area contributed by atoms with Crippen molar-refractivity contribution < 1.29 is 14.2 Å². The fourth-order valence-corrected chi connectivity index (χ4v) is 2.84. The molecule has 3 N–H and O–H groups in total. The molecule has 3 rings (SSSR count). The molecule has 3 aromatic rings. The van der Waals surface area contributed by atoms with Crippen LogP contribution in [0.4, 0.5) is 4.39 Å². The second-order valence-electron chi connectivity index (χ2n) is 6.66. The summed E-state index contributed by atoms with van der Waals surface area (Å²) in [6.45, 7) is 1.13. The lowest BCUT2D eigenvalue weighted by Gasteiger charge is -2.18. The zero-order chi connectivity index (χ0) is 21.2. The molecular formula is C23H25FN4O2. The molecule has 30 heavy (non-hydrogen) atoms. The standard InChI is InChI=1S/C23H25FN4O2/c1-25-23(28-15-19(16-29)18-5-3-2-4-6-18)27-14-17-7-12-22(26-13-17)30-21-10-8-20(24)9-11-21/h2-13,19,29H,14-16H2,1H3,(H2,25,27,28). The third-order valence-corrected chi connectivity index (χ3v) is 4.52. The third-order valence-electron chi connectivity index (χ3n) is 4.52. The van der Waals surface area contributed by atoms with E-state index < -0.39 is 0 Å². The van der Waals surface area contributed by atoms with Crippen molar-refractivity contribution in [3.63, 3.8) is 0 Å². The fourth-order valence-electron chi connectivity index (χ4n) is 2.84. The first-order valence-electron chi connectivity index (χ1n) is 9.66. The van der Waals surface area contributed by atoms with Gasteiger partial charge < -0.3 is 20.5 Å². The molecule has 0 saturated heterocycles. The van der Waals surface area contributed by atoms with Gasteiger partial charge >= 0.3 is 0 Å². The molecule has 2 aromatic carbocycles. The number of aliphatic hydroxyl groups excluding tert-OH is 1. The van der Waals surface area contributed by atoms with E-state index in [1.165, 1.54) is 12.1 Å². The number of ether oxygens (including phenoxy) is 1. The molecule has 7 heteroatoms. The monoisotopic (exact) mass is 408 g/mol. The average molecular weight is 408 g/mol. The van der Waals surface area contributed by atoms with Gasteiger partial charge in [-0.3, -0.25) is 4.99 Å². The number of halogens is 1. The highest BCUT2D eigenvalue weighted by Crippen LogP contribution is 2.19. The molecule has 1 aromatic heterocycles. The number of benzene rings is 2. The lowest BCUT2D eigenvalue weighted by molar-refractivity contribution is 0.265. The number of guanidine groups is 1. The third kappa shape index (κ3) is 6.28. The zero-order valence-corrected chi connectivity index (χ0v) is 16.8. The van der Waals surface area contributed by atoms with E-state index in [-0.39, 0.29) is 18.3 Å². The van der Waals surface area contributed by atoms with Crippen molar-refractivity contribution in [3.8, 4) is 11.6 Å². The largest absolute Gasteiger partial charge is 0.439 e. The van der Waals surface area contributed by atoms with Crippen molar-refractivity contribution in [2.24, 2.45) is 4.99 Å². The maximum absolute atomic E-state index is 13.0. The number of nitrogens with one attached hydrogen (secondary N) is 2. The average Bonchev–Trinajstić information content (AvgIpc) is 2.79. The maximum Gasteiger partial charge on any atom is 0.219 e. The Labute approximate surface area is 175 Å². The number of hydrogen-bond acceptors (Lipinski definition) is 4. The second-order valence-corrected chi connectivity index (χ2v) is 6.66. The SMILES string of the molecule is CN=C(NCc1ccc(Oc2ccc(F)cc2)nc1)NCC(CO)c1ccccc1. The molecule has 0 aliphatic heterocycles. The van der Waals surface area contributed by atoms with Gasteiger partial charge in [-0.05, 0) is 35.4 Å². The summed E-state index contributed by atoms with van der Waals surface area (Å²) in [5.74, 6) is 1.26. The molecule has 0 radical (unpaired) electrons. The van der Waals surface area contributed by atoms with Gasteiger partial charge in [-0.25, -0.2) is 9.37 Å². The van der Waals surface area contributed by atoms with Crippen molar-refractivity contribution in [2.75, 3.05) is 20.2 Å². The summed E-state index contributed by atoms with van der Waals surface area (Å²) in [5, 5.41) is 16.1. The topological polar surface area (TPSA) is 78.8 Å². The van der Waals surface area contributed by atoms with Crippen LogP contribution in [0.2, 0.25) is 0 Å². The minimum atomic E-state index is -0.312. The molecule has 0 fully saturated rings. The summed E-state index contributed by atoms with van der Waals surface area (Å²) in [7, 11) is 1.70. The predicted octanol–water partition coefficient (Wildman–Crippen LogP) is 3.45. The quantitative estimate of drug-likeness (QED) is 0.393. The number of aliphatic imine (C=N–C) groups is 1. The van der Waals surface area contributed by atoms with E-state index >= 15 is 0 Å². The molecule has 1 atom stereocenters. The molecule has 1 unspecified atom stereocenters. The van der Waals surface area contributed by atoms with Crippen molar-refractivity contribution in [1.82, 2.24) is 15.6 Å². The van der Waals surface area contributed by atoms with Gasteiger partial charge in [0.25, 0.3) is 0 Å². The van der Waals surface area contributed by atoms with Crippen LogP contribution in [0.3, 0.4) is 0 Å². The molecule has 1 heterocycles. The Morgan fingerprint density at radius 2 is 1.83 bits per heavy atom. The molecule has 0 aliphatic rings. The normalized spacial score (nSPS) is 12.3. The Morgan fingerprint density at radius 3 is 2.47 bits per heavy atom. The highest BCUT2D eigenvalue weighted by atomic mass is 19.1. The van der Waals surface area contributed by atoms with Crippen molar-refractivity contribution >= 4 is 5.96 Å². The van der Waals surface area contributed by atoms with Crippen LogP contribution >= 0.6 is 0 Å². The summed E-state index contributed by atoms with van der Waals surface area (Å²) in [5.41, 5.74) is 2.02. The van der Waals surface area contributed by atoms with Gasteiger partial charge in [-0.15, -0.1) is 0 Å². The van der Waals surface area contributed by atoms with Crippen LogP contribution in [-0.2, 0) is 6.54 Å². The Bertz CT molecular complexity index is 932. The molecule has 0 saturated carbocycles. The van der Waals surface area contributed by atoms with Crippen molar-refractivity contribution in [3.05, 3.63) is 89.9 Å². The number of aromatic nitrogens is 1. The summed E-state index contributed by atoms with van der Waals surface area (Å²) in [4.78, 5) is 8.50. The number of pyridine rings is 1. The highest BCUT2D eigenvalue weighted by Gasteiger charge is 2.11. The molecule has 0 amide bonds. The van der Waals surface area contributed by atoms with Crippen LogP contribution in [0.15, 0.2) is 77.9 Å². The van der Waals surface area contributed by atoms with E-state index in [1.807, 2.05) is 36.4 Å². The van der Waals surface area contributed by atoms with Crippen LogP contribution in [0.25, 0.3) is 0 Å². The van der Waals surface area contributed by atoms with Crippen molar-refractivity contribution in [1.29, 1.82) is 0 Å². The zero-order valence-electron chi connectivity index (χ0n) is 16.8. The van der Waals surface area contributed by atoms with E-state index in [0.717, 1.165) is 11.1 Å². The second kappa shape index (κ2) is 10.9.